The molecule has 0 fully saturated rings. The molecule has 1 N–H and O–H groups in total. The summed E-state index contributed by atoms with van der Waals surface area (Å²) in [5, 5.41) is 4.48. The average molecular weight is 351 g/mol. The van der Waals surface area contributed by atoms with Gasteiger partial charge in [0.2, 0.25) is 0 Å². The van der Waals surface area contributed by atoms with E-state index in [2.05, 4.69) is 51.6 Å². The van der Waals surface area contributed by atoms with E-state index in [0.29, 0.717) is 6.04 Å². The Morgan fingerprint density at radius 2 is 1.95 bits per heavy atom. The maximum Gasteiger partial charge on any atom is 0.0406 e. The summed E-state index contributed by atoms with van der Waals surface area (Å²) in [6, 6.07) is 15.1. The summed E-state index contributed by atoms with van der Waals surface area (Å²) in [5.41, 5.74) is 4.25. The van der Waals surface area contributed by atoms with Gasteiger partial charge in [-0.15, -0.1) is 0 Å². The molecule has 2 aromatic carbocycles. The SMILES string of the molecule is Clc1ccc(CCNC2CCc3c(Br)cccc32)cc1. The Hall–Kier alpha value is -0.830. The van der Waals surface area contributed by atoms with E-state index >= 15 is 0 Å². The second-order valence-electron chi connectivity index (χ2n) is 5.23. The third-order valence-electron chi connectivity index (χ3n) is 3.93. The summed E-state index contributed by atoms with van der Waals surface area (Å²) in [4.78, 5) is 0. The van der Waals surface area contributed by atoms with E-state index in [9.17, 15) is 0 Å². The second kappa shape index (κ2) is 6.30. The van der Waals surface area contributed by atoms with E-state index in [1.54, 1.807) is 0 Å². The lowest BCUT2D eigenvalue weighted by Crippen LogP contribution is -2.21. The molecule has 3 heteroatoms. The monoisotopic (exact) mass is 349 g/mol. The van der Waals surface area contributed by atoms with Gasteiger partial charge >= 0.3 is 0 Å². The summed E-state index contributed by atoms with van der Waals surface area (Å²) in [7, 11) is 0. The molecule has 1 aliphatic rings. The van der Waals surface area contributed by atoms with Crippen LogP contribution in [-0.2, 0) is 12.8 Å². The van der Waals surface area contributed by atoms with Gasteiger partial charge < -0.3 is 5.32 Å². The second-order valence-corrected chi connectivity index (χ2v) is 6.52. The van der Waals surface area contributed by atoms with Crippen LogP contribution in [0.2, 0.25) is 5.02 Å². The average Bonchev–Trinajstić information content (AvgIpc) is 2.86. The van der Waals surface area contributed by atoms with Crippen LogP contribution in [0.1, 0.15) is 29.2 Å². The molecule has 0 bridgehead atoms. The molecule has 2 aromatic rings. The zero-order valence-electron chi connectivity index (χ0n) is 11.2. The largest absolute Gasteiger partial charge is 0.310 e. The number of fused-ring (bicyclic) bond motifs is 1. The molecule has 0 spiro atoms. The van der Waals surface area contributed by atoms with Crippen molar-refractivity contribution in [1.82, 2.24) is 5.32 Å². The first-order valence-corrected chi connectivity index (χ1v) is 8.16. The predicted octanol–water partition coefficient (Wildman–Crippen LogP) is 4.92. The van der Waals surface area contributed by atoms with Crippen LogP contribution in [0.4, 0.5) is 0 Å². The Bertz CT molecular complexity index is 594. The van der Waals surface area contributed by atoms with Crippen molar-refractivity contribution < 1.29 is 0 Å². The minimum Gasteiger partial charge on any atom is -0.310 e. The maximum absolute atomic E-state index is 5.90. The molecule has 1 nitrogen and oxygen atoms in total. The molecule has 0 aromatic heterocycles. The highest BCUT2D eigenvalue weighted by Crippen LogP contribution is 2.35. The van der Waals surface area contributed by atoms with E-state index in [1.807, 2.05) is 12.1 Å². The minimum atomic E-state index is 0.495. The molecule has 0 saturated carbocycles. The molecule has 3 rings (SSSR count). The summed E-state index contributed by atoms with van der Waals surface area (Å²) in [6.45, 7) is 0.998. The topological polar surface area (TPSA) is 12.0 Å². The van der Waals surface area contributed by atoms with Crippen LogP contribution in [0.25, 0.3) is 0 Å². The van der Waals surface area contributed by atoms with Crippen molar-refractivity contribution in [2.24, 2.45) is 0 Å². The lowest BCUT2D eigenvalue weighted by atomic mass is 10.1. The summed E-state index contributed by atoms with van der Waals surface area (Å²) < 4.78 is 1.25. The van der Waals surface area contributed by atoms with Crippen LogP contribution < -0.4 is 5.32 Å². The first kappa shape index (κ1) is 14.1. The highest BCUT2D eigenvalue weighted by atomic mass is 79.9. The highest BCUT2D eigenvalue weighted by molar-refractivity contribution is 9.10. The fraction of sp³-hybridized carbons (Fsp3) is 0.294. The van der Waals surface area contributed by atoms with Crippen LogP contribution in [0.5, 0.6) is 0 Å². The van der Waals surface area contributed by atoms with Gasteiger partial charge in [-0.1, -0.05) is 51.8 Å². The van der Waals surface area contributed by atoms with Gasteiger partial charge in [-0.2, -0.15) is 0 Å². The standard InChI is InChI=1S/C17H17BrClN/c18-16-3-1-2-15-14(16)8-9-17(15)20-11-10-12-4-6-13(19)7-5-12/h1-7,17,20H,8-11H2. The molecule has 0 heterocycles. The van der Waals surface area contributed by atoms with Crippen LogP contribution in [0.3, 0.4) is 0 Å². The van der Waals surface area contributed by atoms with Crippen molar-refractivity contribution in [2.75, 3.05) is 6.54 Å². The van der Waals surface area contributed by atoms with Crippen molar-refractivity contribution in [3.05, 3.63) is 68.7 Å². The zero-order chi connectivity index (χ0) is 13.9. The number of rotatable bonds is 4. The van der Waals surface area contributed by atoms with Gasteiger partial charge in [0.25, 0.3) is 0 Å². The number of benzene rings is 2. The Balaban J connectivity index is 1.58. The van der Waals surface area contributed by atoms with Crippen LogP contribution in [0.15, 0.2) is 46.9 Å². The van der Waals surface area contributed by atoms with E-state index in [0.717, 1.165) is 24.4 Å². The normalized spacial score (nSPS) is 17.2. The van der Waals surface area contributed by atoms with Crippen LogP contribution in [-0.4, -0.2) is 6.54 Å². The molecule has 0 amide bonds. The number of hydrogen-bond acceptors (Lipinski definition) is 1. The Morgan fingerprint density at radius 3 is 2.75 bits per heavy atom. The van der Waals surface area contributed by atoms with E-state index in [-0.39, 0.29) is 0 Å². The summed E-state index contributed by atoms with van der Waals surface area (Å²) in [5.74, 6) is 0. The third-order valence-corrected chi connectivity index (χ3v) is 4.93. The van der Waals surface area contributed by atoms with Crippen LogP contribution in [0, 0.1) is 0 Å². The number of hydrogen-bond donors (Lipinski definition) is 1. The highest BCUT2D eigenvalue weighted by Gasteiger charge is 2.23. The Labute approximate surface area is 133 Å². The molecule has 1 unspecified atom stereocenters. The first-order chi connectivity index (χ1) is 9.74. The van der Waals surface area contributed by atoms with Crippen molar-refractivity contribution in [2.45, 2.75) is 25.3 Å². The minimum absolute atomic E-state index is 0.495. The van der Waals surface area contributed by atoms with Crippen molar-refractivity contribution in [3.63, 3.8) is 0 Å². The van der Waals surface area contributed by atoms with Gasteiger partial charge in [-0.05, 0) is 60.7 Å². The van der Waals surface area contributed by atoms with Gasteiger partial charge in [0.15, 0.2) is 0 Å². The van der Waals surface area contributed by atoms with Crippen molar-refractivity contribution in [3.8, 4) is 0 Å². The van der Waals surface area contributed by atoms with Gasteiger partial charge in [0, 0.05) is 15.5 Å². The Morgan fingerprint density at radius 1 is 1.15 bits per heavy atom. The molecule has 1 atom stereocenters. The predicted molar refractivity (Wildman–Crippen MR) is 88.4 cm³/mol. The lowest BCUT2D eigenvalue weighted by molar-refractivity contribution is 0.533. The van der Waals surface area contributed by atoms with Crippen molar-refractivity contribution >= 4 is 27.5 Å². The van der Waals surface area contributed by atoms with Gasteiger partial charge in [-0.25, -0.2) is 0 Å². The first-order valence-electron chi connectivity index (χ1n) is 6.99. The molecule has 1 aliphatic carbocycles. The van der Waals surface area contributed by atoms with Crippen LogP contribution >= 0.6 is 27.5 Å². The zero-order valence-corrected chi connectivity index (χ0v) is 13.5. The number of nitrogens with one attached hydrogen (secondary N) is 1. The summed E-state index contributed by atoms with van der Waals surface area (Å²) in [6.07, 6.45) is 3.39. The molecule has 0 saturated heterocycles. The van der Waals surface area contributed by atoms with E-state index < -0.39 is 0 Å². The fourth-order valence-electron chi connectivity index (χ4n) is 2.86. The quantitative estimate of drug-likeness (QED) is 0.825. The molecular weight excluding hydrogens is 334 g/mol. The summed E-state index contributed by atoms with van der Waals surface area (Å²) >= 11 is 9.55. The fourth-order valence-corrected chi connectivity index (χ4v) is 3.57. The number of halogens is 2. The third kappa shape index (κ3) is 3.08. The smallest absolute Gasteiger partial charge is 0.0406 e. The molecular formula is C17H17BrClN. The van der Waals surface area contributed by atoms with Crippen molar-refractivity contribution in [1.29, 1.82) is 0 Å². The van der Waals surface area contributed by atoms with E-state index in [4.69, 9.17) is 11.6 Å². The Kier molecular flexibility index (Phi) is 4.45. The molecule has 20 heavy (non-hydrogen) atoms. The molecule has 0 aliphatic heterocycles. The maximum atomic E-state index is 5.90. The van der Waals surface area contributed by atoms with Gasteiger partial charge in [0.05, 0.1) is 0 Å². The van der Waals surface area contributed by atoms with Gasteiger partial charge in [-0.3, -0.25) is 0 Å². The van der Waals surface area contributed by atoms with E-state index in [1.165, 1.54) is 27.6 Å². The molecule has 104 valence electrons. The lowest BCUT2D eigenvalue weighted by Gasteiger charge is -2.14. The molecule has 0 radical (unpaired) electrons. The van der Waals surface area contributed by atoms with Gasteiger partial charge in [0.1, 0.15) is 0 Å².